The maximum atomic E-state index is 13.5. The number of carbonyl (C=O) groups excluding carboxylic acids is 2. The third-order valence-corrected chi connectivity index (χ3v) is 6.02. The van der Waals surface area contributed by atoms with Crippen molar-refractivity contribution < 1.29 is 27.8 Å². The van der Waals surface area contributed by atoms with Crippen molar-refractivity contribution in [1.82, 2.24) is 5.32 Å². The first-order valence-electron chi connectivity index (χ1n) is 10.3. The number of methoxy groups -OCH3 is 2. The molecular formula is C25H24F2N2O4S. The Balaban J connectivity index is 1.64. The molecule has 0 bridgehead atoms. The summed E-state index contributed by atoms with van der Waals surface area (Å²) in [7, 11) is 3.04. The van der Waals surface area contributed by atoms with E-state index >= 15 is 0 Å². The van der Waals surface area contributed by atoms with Crippen LogP contribution in [0.1, 0.15) is 28.9 Å². The minimum atomic E-state index is -0.977. The fourth-order valence-corrected chi connectivity index (χ4v) is 4.02. The van der Waals surface area contributed by atoms with Crippen molar-refractivity contribution in [2.75, 3.05) is 25.3 Å². The topological polar surface area (TPSA) is 76.7 Å². The molecule has 3 aromatic rings. The maximum absolute atomic E-state index is 13.5. The molecule has 178 valence electrons. The van der Waals surface area contributed by atoms with Crippen LogP contribution in [0.5, 0.6) is 11.5 Å². The van der Waals surface area contributed by atoms with Crippen LogP contribution in [0.15, 0.2) is 65.6 Å². The second-order valence-electron chi connectivity index (χ2n) is 7.27. The molecule has 3 rings (SSSR count). The fourth-order valence-electron chi connectivity index (χ4n) is 3.17. The highest BCUT2D eigenvalue weighted by Crippen LogP contribution is 2.30. The van der Waals surface area contributed by atoms with Crippen LogP contribution in [-0.2, 0) is 4.79 Å². The highest BCUT2D eigenvalue weighted by Gasteiger charge is 2.17. The number of benzene rings is 3. The molecule has 1 unspecified atom stereocenters. The Morgan fingerprint density at radius 1 is 0.941 bits per heavy atom. The SMILES string of the molecule is COc1ccc(NC(=O)CSc2ccccc2C(=O)NC(C)c2ccc(F)c(F)c2)cc1OC. The molecule has 6 nitrogen and oxygen atoms in total. The first kappa shape index (κ1) is 25.0. The molecule has 9 heteroatoms. The number of amides is 2. The zero-order chi connectivity index (χ0) is 24.7. The van der Waals surface area contributed by atoms with Crippen molar-refractivity contribution in [2.45, 2.75) is 17.9 Å². The van der Waals surface area contributed by atoms with Gasteiger partial charge in [0.25, 0.3) is 5.91 Å². The van der Waals surface area contributed by atoms with Crippen LogP contribution in [0.3, 0.4) is 0 Å². The Morgan fingerprint density at radius 3 is 2.38 bits per heavy atom. The summed E-state index contributed by atoms with van der Waals surface area (Å²) in [6.07, 6.45) is 0. The predicted molar refractivity (Wildman–Crippen MR) is 128 cm³/mol. The van der Waals surface area contributed by atoms with E-state index in [9.17, 15) is 18.4 Å². The second-order valence-corrected chi connectivity index (χ2v) is 8.29. The van der Waals surface area contributed by atoms with Crippen LogP contribution in [0.25, 0.3) is 0 Å². The molecule has 0 aliphatic carbocycles. The van der Waals surface area contributed by atoms with Crippen molar-refractivity contribution in [2.24, 2.45) is 0 Å². The summed E-state index contributed by atoms with van der Waals surface area (Å²) in [6.45, 7) is 1.68. The molecule has 0 saturated carbocycles. The Kier molecular flexibility index (Phi) is 8.48. The number of halogens is 2. The van der Waals surface area contributed by atoms with Gasteiger partial charge in [0.1, 0.15) is 0 Å². The third-order valence-electron chi connectivity index (χ3n) is 4.95. The minimum Gasteiger partial charge on any atom is -0.493 e. The smallest absolute Gasteiger partial charge is 0.252 e. The molecule has 0 heterocycles. The first-order chi connectivity index (χ1) is 16.3. The van der Waals surface area contributed by atoms with E-state index in [1.54, 1.807) is 49.4 Å². The van der Waals surface area contributed by atoms with E-state index in [1.807, 2.05) is 0 Å². The van der Waals surface area contributed by atoms with Crippen LogP contribution in [0.4, 0.5) is 14.5 Å². The van der Waals surface area contributed by atoms with Gasteiger partial charge in [0.15, 0.2) is 23.1 Å². The predicted octanol–water partition coefficient (Wildman–Crippen LogP) is 5.20. The van der Waals surface area contributed by atoms with Crippen molar-refractivity contribution in [1.29, 1.82) is 0 Å². The molecule has 0 saturated heterocycles. The summed E-state index contributed by atoms with van der Waals surface area (Å²) in [5, 5.41) is 5.57. The summed E-state index contributed by atoms with van der Waals surface area (Å²) < 4.78 is 37.2. The van der Waals surface area contributed by atoms with Crippen molar-refractivity contribution in [3.05, 3.63) is 83.4 Å². The van der Waals surface area contributed by atoms with Gasteiger partial charge in [0.2, 0.25) is 5.91 Å². The Morgan fingerprint density at radius 2 is 1.68 bits per heavy atom. The van der Waals surface area contributed by atoms with Crippen molar-refractivity contribution in [3.8, 4) is 11.5 Å². The van der Waals surface area contributed by atoms with E-state index in [0.29, 0.717) is 33.2 Å². The van der Waals surface area contributed by atoms with Crippen LogP contribution in [0, 0.1) is 11.6 Å². The minimum absolute atomic E-state index is 0.0668. The zero-order valence-electron chi connectivity index (χ0n) is 18.9. The van der Waals surface area contributed by atoms with Gasteiger partial charge in [0.05, 0.1) is 31.6 Å². The molecule has 0 fully saturated rings. The largest absolute Gasteiger partial charge is 0.493 e. The molecule has 0 aliphatic heterocycles. The van der Waals surface area contributed by atoms with Gasteiger partial charge in [-0.05, 0) is 48.9 Å². The van der Waals surface area contributed by atoms with E-state index < -0.39 is 17.7 Å². The number of ether oxygens (including phenoxy) is 2. The molecule has 0 radical (unpaired) electrons. The molecule has 3 aromatic carbocycles. The average Bonchev–Trinajstić information content (AvgIpc) is 2.84. The highest BCUT2D eigenvalue weighted by atomic mass is 32.2. The van der Waals surface area contributed by atoms with Crippen LogP contribution >= 0.6 is 11.8 Å². The first-order valence-corrected chi connectivity index (χ1v) is 11.3. The van der Waals surface area contributed by atoms with Crippen LogP contribution in [0.2, 0.25) is 0 Å². The van der Waals surface area contributed by atoms with Gasteiger partial charge in [-0.2, -0.15) is 0 Å². The normalized spacial score (nSPS) is 11.4. The summed E-state index contributed by atoms with van der Waals surface area (Å²) in [4.78, 5) is 25.9. The molecular weight excluding hydrogens is 462 g/mol. The van der Waals surface area contributed by atoms with Gasteiger partial charge in [0, 0.05) is 16.6 Å². The summed E-state index contributed by atoms with van der Waals surface area (Å²) in [5.74, 6) is -1.47. The Hall–Kier alpha value is -3.59. The van der Waals surface area contributed by atoms with E-state index in [2.05, 4.69) is 10.6 Å². The molecule has 34 heavy (non-hydrogen) atoms. The van der Waals surface area contributed by atoms with E-state index in [0.717, 1.165) is 12.1 Å². The van der Waals surface area contributed by atoms with E-state index in [-0.39, 0.29) is 17.6 Å². The van der Waals surface area contributed by atoms with Crippen LogP contribution < -0.4 is 20.1 Å². The fraction of sp³-hybridized carbons (Fsp3) is 0.200. The van der Waals surface area contributed by atoms with Crippen molar-refractivity contribution in [3.63, 3.8) is 0 Å². The van der Waals surface area contributed by atoms with Gasteiger partial charge in [-0.3, -0.25) is 9.59 Å². The molecule has 2 N–H and O–H groups in total. The Bertz CT molecular complexity index is 1190. The lowest BCUT2D eigenvalue weighted by Gasteiger charge is -2.16. The number of carbonyl (C=O) groups is 2. The van der Waals surface area contributed by atoms with Crippen LogP contribution in [-0.4, -0.2) is 31.8 Å². The highest BCUT2D eigenvalue weighted by molar-refractivity contribution is 8.00. The molecule has 2 amide bonds. The van der Waals surface area contributed by atoms with Gasteiger partial charge in [-0.25, -0.2) is 8.78 Å². The lowest BCUT2D eigenvalue weighted by molar-refractivity contribution is -0.113. The summed E-state index contributed by atoms with van der Waals surface area (Å²) in [5.41, 5.74) is 1.36. The number of hydrogen-bond donors (Lipinski definition) is 2. The lowest BCUT2D eigenvalue weighted by Crippen LogP contribution is -2.27. The average molecular weight is 487 g/mol. The molecule has 1 atom stereocenters. The van der Waals surface area contributed by atoms with E-state index in [1.165, 1.54) is 32.0 Å². The summed E-state index contributed by atoms with van der Waals surface area (Å²) >= 11 is 1.21. The lowest BCUT2D eigenvalue weighted by atomic mass is 10.1. The summed E-state index contributed by atoms with van der Waals surface area (Å²) in [6, 6.07) is 14.9. The molecule has 0 aromatic heterocycles. The second kappa shape index (κ2) is 11.5. The van der Waals surface area contributed by atoms with Gasteiger partial charge < -0.3 is 20.1 Å². The van der Waals surface area contributed by atoms with Gasteiger partial charge in [-0.1, -0.05) is 18.2 Å². The van der Waals surface area contributed by atoms with Gasteiger partial charge >= 0.3 is 0 Å². The van der Waals surface area contributed by atoms with E-state index in [4.69, 9.17) is 9.47 Å². The maximum Gasteiger partial charge on any atom is 0.252 e. The Labute approximate surface area is 200 Å². The molecule has 0 aliphatic rings. The quantitative estimate of drug-likeness (QED) is 0.407. The third kappa shape index (κ3) is 6.26. The number of anilines is 1. The monoisotopic (exact) mass is 486 g/mol. The van der Waals surface area contributed by atoms with Crippen molar-refractivity contribution >= 4 is 29.3 Å². The number of nitrogens with one attached hydrogen (secondary N) is 2. The standard InChI is InChI=1S/C25H24F2N2O4S/c1-15(16-8-10-19(26)20(27)12-16)28-25(31)18-6-4-5-7-23(18)34-14-24(30)29-17-9-11-21(32-2)22(13-17)33-3/h4-13,15H,14H2,1-3H3,(H,28,31)(H,29,30). The number of rotatable bonds is 9. The van der Waals surface area contributed by atoms with Gasteiger partial charge in [-0.15, -0.1) is 11.8 Å². The number of thioether (sulfide) groups is 1. The number of hydrogen-bond acceptors (Lipinski definition) is 5. The zero-order valence-corrected chi connectivity index (χ0v) is 19.7. The molecule has 0 spiro atoms.